The highest BCUT2D eigenvalue weighted by Gasteiger charge is 2.19. The van der Waals surface area contributed by atoms with Crippen LogP contribution in [-0.4, -0.2) is 9.55 Å². The van der Waals surface area contributed by atoms with E-state index < -0.39 is 0 Å². The minimum absolute atomic E-state index is 0.864. The van der Waals surface area contributed by atoms with Gasteiger partial charge in [0.2, 0.25) is 0 Å². The third-order valence-electron chi connectivity index (χ3n) is 5.39. The zero-order chi connectivity index (χ0) is 15.5. The van der Waals surface area contributed by atoms with Crippen molar-refractivity contribution in [2.75, 3.05) is 0 Å². The molecule has 0 aliphatic heterocycles. The van der Waals surface area contributed by atoms with E-state index in [0.29, 0.717) is 0 Å². The van der Waals surface area contributed by atoms with Crippen LogP contribution in [0.2, 0.25) is 0 Å². The molecule has 0 aromatic carbocycles. The van der Waals surface area contributed by atoms with Gasteiger partial charge < -0.3 is 4.57 Å². The number of rotatable bonds is 11. The van der Waals surface area contributed by atoms with Gasteiger partial charge in [0.15, 0.2) is 0 Å². The van der Waals surface area contributed by atoms with Gasteiger partial charge in [0.25, 0.3) is 0 Å². The molecule has 0 radical (unpaired) electrons. The van der Waals surface area contributed by atoms with Crippen LogP contribution in [0.15, 0.2) is 18.7 Å². The van der Waals surface area contributed by atoms with Crippen molar-refractivity contribution in [2.24, 2.45) is 11.8 Å². The van der Waals surface area contributed by atoms with Gasteiger partial charge in [0.05, 0.1) is 6.33 Å². The van der Waals surface area contributed by atoms with Crippen molar-refractivity contribution < 1.29 is 0 Å². The molecule has 1 saturated carbocycles. The fourth-order valence-corrected chi connectivity index (χ4v) is 4.08. The molecule has 2 nitrogen and oxygen atoms in total. The molecular formula is C20H36N2. The monoisotopic (exact) mass is 304 g/mol. The molecule has 1 atom stereocenters. The lowest BCUT2D eigenvalue weighted by molar-refractivity contribution is 0.256. The molecule has 1 fully saturated rings. The van der Waals surface area contributed by atoms with Crippen LogP contribution in [0.4, 0.5) is 0 Å². The summed E-state index contributed by atoms with van der Waals surface area (Å²) in [6.07, 6.45) is 24.8. The molecule has 0 amide bonds. The summed E-state index contributed by atoms with van der Waals surface area (Å²) in [5, 5.41) is 0. The molecule has 126 valence electrons. The molecule has 2 heteroatoms. The van der Waals surface area contributed by atoms with E-state index in [4.69, 9.17) is 0 Å². The SMILES string of the molecule is CCCCCCCCC(CC1CCCCC1)Cn1ccnc1. The average molecular weight is 305 g/mol. The molecule has 1 aromatic heterocycles. The number of hydrogen-bond donors (Lipinski definition) is 0. The fraction of sp³-hybridized carbons (Fsp3) is 0.850. The van der Waals surface area contributed by atoms with Crippen LogP contribution in [0.3, 0.4) is 0 Å². The van der Waals surface area contributed by atoms with E-state index in [1.807, 2.05) is 12.5 Å². The van der Waals surface area contributed by atoms with Gasteiger partial charge in [-0.2, -0.15) is 0 Å². The zero-order valence-corrected chi connectivity index (χ0v) is 14.7. The van der Waals surface area contributed by atoms with Crippen molar-refractivity contribution in [1.29, 1.82) is 0 Å². The minimum atomic E-state index is 0.864. The number of nitrogens with zero attached hydrogens (tertiary/aromatic N) is 2. The number of imidazole rings is 1. The third-order valence-corrected chi connectivity index (χ3v) is 5.39. The summed E-state index contributed by atoms with van der Waals surface area (Å²) < 4.78 is 2.30. The van der Waals surface area contributed by atoms with E-state index in [-0.39, 0.29) is 0 Å². The van der Waals surface area contributed by atoms with Gasteiger partial charge in [-0.05, 0) is 24.7 Å². The molecule has 0 bridgehead atoms. The normalized spacial score (nSPS) is 17.7. The second-order valence-electron chi connectivity index (χ2n) is 7.42. The topological polar surface area (TPSA) is 17.8 Å². The molecule has 0 saturated heterocycles. The Bertz CT molecular complexity index is 352. The summed E-state index contributed by atoms with van der Waals surface area (Å²) in [5.74, 6) is 1.87. The second kappa shape index (κ2) is 10.9. The van der Waals surface area contributed by atoms with Gasteiger partial charge >= 0.3 is 0 Å². The van der Waals surface area contributed by atoms with Crippen molar-refractivity contribution in [3.05, 3.63) is 18.7 Å². The summed E-state index contributed by atoms with van der Waals surface area (Å²) in [6, 6.07) is 0. The first-order chi connectivity index (χ1) is 10.9. The van der Waals surface area contributed by atoms with Crippen LogP contribution in [-0.2, 0) is 6.54 Å². The lowest BCUT2D eigenvalue weighted by atomic mass is 9.81. The van der Waals surface area contributed by atoms with Gasteiger partial charge in [-0.3, -0.25) is 0 Å². The van der Waals surface area contributed by atoms with Crippen molar-refractivity contribution in [2.45, 2.75) is 96.9 Å². The Hall–Kier alpha value is -0.790. The van der Waals surface area contributed by atoms with Crippen molar-refractivity contribution >= 4 is 0 Å². The van der Waals surface area contributed by atoms with Crippen LogP contribution < -0.4 is 0 Å². The van der Waals surface area contributed by atoms with Gasteiger partial charge in [-0.25, -0.2) is 4.98 Å². The van der Waals surface area contributed by atoms with E-state index in [1.165, 1.54) is 90.0 Å². The molecule has 1 aliphatic rings. The summed E-state index contributed by atoms with van der Waals surface area (Å²) >= 11 is 0. The van der Waals surface area contributed by atoms with Crippen molar-refractivity contribution in [1.82, 2.24) is 9.55 Å². The number of hydrogen-bond acceptors (Lipinski definition) is 1. The lowest BCUT2D eigenvalue weighted by Crippen LogP contribution is -2.16. The molecule has 0 spiro atoms. The Morgan fingerprint density at radius 2 is 1.82 bits per heavy atom. The van der Waals surface area contributed by atoms with E-state index in [9.17, 15) is 0 Å². The van der Waals surface area contributed by atoms with Crippen LogP contribution in [0, 0.1) is 11.8 Å². The minimum Gasteiger partial charge on any atom is -0.337 e. The highest BCUT2D eigenvalue weighted by Crippen LogP contribution is 2.31. The highest BCUT2D eigenvalue weighted by atomic mass is 15.0. The number of aromatic nitrogens is 2. The summed E-state index contributed by atoms with van der Waals surface area (Å²) in [4.78, 5) is 4.22. The fourth-order valence-electron chi connectivity index (χ4n) is 4.08. The Balaban J connectivity index is 1.71. The predicted molar refractivity (Wildman–Crippen MR) is 94.9 cm³/mol. The van der Waals surface area contributed by atoms with Crippen LogP contribution in [0.1, 0.15) is 90.4 Å². The molecule has 1 aliphatic carbocycles. The van der Waals surface area contributed by atoms with Gasteiger partial charge in [0, 0.05) is 18.9 Å². The quantitative estimate of drug-likeness (QED) is 0.444. The van der Waals surface area contributed by atoms with E-state index in [2.05, 4.69) is 22.7 Å². The van der Waals surface area contributed by atoms with Gasteiger partial charge in [-0.1, -0.05) is 77.6 Å². The first-order valence-electron chi connectivity index (χ1n) is 9.84. The molecule has 1 unspecified atom stereocenters. The molecule has 1 heterocycles. The van der Waals surface area contributed by atoms with Crippen LogP contribution >= 0.6 is 0 Å². The molecule has 0 N–H and O–H groups in total. The molecular weight excluding hydrogens is 268 g/mol. The number of unbranched alkanes of at least 4 members (excludes halogenated alkanes) is 5. The molecule has 22 heavy (non-hydrogen) atoms. The second-order valence-corrected chi connectivity index (χ2v) is 7.42. The van der Waals surface area contributed by atoms with E-state index >= 15 is 0 Å². The van der Waals surface area contributed by atoms with Crippen LogP contribution in [0.5, 0.6) is 0 Å². The summed E-state index contributed by atoms with van der Waals surface area (Å²) in [7, 11) is 0. The van der Waals surface area contributed by atoms with Crippen molar-refractivity contribution in [3.63, 3.8) is 0 Å². The first kappa shape index (κ1) is 17.6. The maximum absolute atomic E-state index is 4.22. The molecule has 1 aromatic rings. The zero-order valence-electron chi connectivity index (χ0n) is 14.7. The summed E-state index contributed by atoms with van der Waals surface area (Å²) in [5.41, 5.74) is 0. The standard InChI is InChI=1S/C20H36N2/c1-2-3-4-5-6-8-13-20(17-22-15-14-21-18-22)16-19-11-9-7-10-12-19/h14-15,18-20H,2-13,16-17H2,1H3. The molecule has 2 rings (SSSR count). The maximum Gasteiger partial charge on any atom is 0.0945 e. The third kappa shape index (κ3) is 6.98. The van der Waals surface area contributed by atoms with Gasteiger partial charge in [0.1, 0.15) is 0 Å². The smallest absolute Gasteiger partial charge is 0.0945 e. The van der Waals surface area contributed by atoms with Gasteiger partial charge in [-0.15, -0.1) is 0 Å². The van der Waals surface area contributed by atoms with Crippen molar-refractivity contribution in [3.8, 4) is 0 Å². The lowest BCUT2D eigenvalue weighted by Gasteiger charge is -2.27. The largest absolute Gasteiger partial charge is 0.337 e. The maximum atomic E-state index is 4.22. The van der Waals surface area contributed by atoms with E-state index in [0.717, 1.165) is 11.8 Å². The van der Waals surface area contributed by atoms with E-state index in [1.54, 1.807) is 0 Å². The Morgan fingerprint density at radius 3 is 2.55 bits per heavy atom. The first-order valence-corrected chi connectivity index (χ1v) is 9.84. The Morgan fingerprint density at radius 1 is 1.05 bits per heavy atom. The summed E-state index contributed by atoms with van der Waals surface area (Å²) in [6.45, 7) is 3.48. The highest BCUT2D eigenvalue weighted by molar-refractivity contribution is 4.77. The Kier molecular flexibility index (Phi) is 8.67. The average Bonchev–Trinajstić information content (AvgIpc) is 3.04. The Labute approximate surface area is 137 Å². The van der Waals surface area contributed by atoms with Crippen LogP contribution in [0.25, 0.3) is 0 Å². The predicted octanol–water partition coefficient (Wildman–Crippen LogP) is 6.22.